The van der Waals surface area contributed by atoms with E-state index in [1.807, 2.05) is 27.7 Å². The van der Waals surface area contributed by atoms with Gasteiger partial charge in [0.2, 0.25) is 0 Å². The largest absolute Gasteiger partial charge is 0.392 e. The van der Waals surface area contributed by atoms with Gasteiger partial charge in [-0.1, -0.05) is 13.8 Å². The van der Waals surface area contributed by atoms with Crippen molar-refractivity contribution in [3.63, 3.8) is 0 Å². The van der Waals surface area contributed by atoms with Crippen LogP contribution in [0.2, 0.25) is 0 Å². The highest BCUT2D eigenvalue weighted by atomic mass is 16.7. The van der Waals surface area contributed by atoms with Gasteiger partial charge in [0.05, 0.1) is 18.8 Å². The summed E-state index contributed by atoms with van der Waals surface area (Å²) in [5.41, 5.74) is -0.721. The van der Waals surface area contributed by atoms with Crippen LogP contribution in [0.25, 0.3) is 0 Å². The first-order chi connectivity index (χ1) is 6.25. The molecule has 1 aliphatic heterocycles. The number of hydroxylamine groups is 2. The molecule has 1 saturated heterocycles. The van der Waals surface area contributed by atoms with E-state index in [0.29, 0.717) is 6.42 Å². The summed E-state index contributed by atoms with van der Waals surface area (Å²) in [6, 6.07) is 0. The summed E-state index contributed by atoms with van der Waals surface area (Å²) < 4.78 is 0. The molecule has 1 heterocycles. The third-order valence-corrected chi connectivity index (χ3v) is 3.86. The van der Waals surface area contributed by atoms with E-state index in [2.05, 4.69) is 0 Å². The van der Waals surface area contributed by atoms with Crippen LogP contribution in [-0.2, 0) is 4.84 Å². The van der Waals surface area contributed by atoms with Gasteiger partial charge in [-0.25, -0.2) is 0 Å². The minimum absolute atomic E-state index is 0.317. The van der Waals surface area contributed by atoms with E-state index in [0.717, 1.165) is 0 Å². The molecule has 0 aromatic rings. The average molecular weight is 203 g/mol. The van der Waals surface area contributed by atoms with E-state index in [1.54, 1.807) is 12.2 Å². The number of aliphatic hydroxyl groups is 2. The van der Waals surface area contributed by atoms with E-state index in [-0.39, 0.29) is 5.41 Å². The van der Waals surface area contributed by atoms with E-state index >= 15 is 0 Å². The molecular weight excluding hydrogens is 182 g/mol. The molecule has 1 aliphatic rings. The highest BCUT2D eigenvalue weighted by Crippen LogP contribution is 2.45. The minimum Gasteiger partial charge on any atom is -0.392 e. The summed E-state index contributed by atoms with van der Waals surface area (Å²) in [4.78, 5) is 5.17. The zero-order chi connectivity index (χ0) is 11.1. The topological polar surface area (TPSA) is 52.9 Å². The number of hydrogen-bond donors (Lipinski definition) is 2. The Bertz CT molecular complexity index is 215. The normalized spacial score (nSPS) is 37.1. The Labute approximate surface area is 85.4 Å². The highest BCUT2D eigenvalue weighted by molar-refractivity contribution is 5.01. The van der Waals surface area contributed by atoms with Crippen LogP contribution in [0.5, 0.6) is 0 Å². The molecule has 0 aromatic heterocycles. The summed E-state index contributed by atoms with van der Waals surface area (Å²) in [7, 11) is 1.54. The predicted molar refractivity (Wildman–Crippen MR) is 53.3 cm³/mol. The SMILES string of the molecule is CON1C(O)CC(O)C(C)(C)C1(C)C. The number of piperidine rings is 1. The second-order valence-electron chi connectivity index (χ2n) is 5.02. The van der Waals surface area contributed by atoms with Gasteiger partial charge in [-0.2, -0.15) is 5.06 Å². The average Bonchev–Trinajstić information content (AvgIpc) is 2.02. The van der Waals surface area contributed by atoms with Crippen molar-refractivity contribution in [2.45, 2.75) is 52.0 Å². The molecule has 0 amide bonds. The van der Waals surface area contributed by atoms with Gasteiger partial charge in [0.15, 0.2) is 0 Å². The lowest BCUT2D eigenvalue weighted by Gasteiger charge is -2.55. The summed E-state index contributed by atoms with van der Waals surface area (Å²) in [6.45, 7) is 7.88. The number of nitrogens with zero attached hydrogens (tertiary/aromatic N) is 1. The zero-order valence-electron chi connectivity index (χ0n) is 9.61. The standard InChI is InChI=1S/C10H21NO3/c1-9(2)7(12)6-8(13)11(14-5)10(9,3)4/h7-8,12-13H,6H2,1-5H3. The van der Waals surface area contributed by atoms with Crippen LogP contribution in [-0.4, -0.2) is 40.3 Å². The molecule has 0 saturated carbocycles. The minimum atomic E-state index is -0.738. The molecule has 0 radical (unpaired) electrons. The number of hydrogen-bond acceptors (Lipinski definition) is 4. The Morgan fingerprint density at radius 3 is 2.14 bits per heavy atom. The Morgan fingerprint density at radius 1 is 1.21 bits per heavy atom. The molecule has 1 rings (SSSR count). The first-order valence-electron chi connectivity index (χ1n) is 4.94. The Morgan fingerprint density at radius 2 is 1.71 bits per heavy atom. The molecule has 84 valence electrons. The van der Waals surface area contributed by atoms with E-state index in [4.69, 9.17) is 4.84 Å². The fourth-order valence-corrected chi connectivity index (χ4v) is 2.00. The van der Waals surface area contributed by atoms with Gasteiger partial charge in [-0.15, -0.1) is 0 Å². The molecule has 14 heavy (non-hydrogen) atoms. The van der Waals surface area contributed by atoms with Crippen LogP contribution < -0.4 is 0 Å². The van der Waals surface area contributed by atoms with Crippen molar-refractivity contribution >= 4 is 0 Å². The highest BCUT2D eigenvalue weighted by Gasteiger charge is 2.53. The van der Waals surface area contributed by atoms with Gasteiger partial charge in [-0.05, 0) is 13.8 Å². The van der Waals surface area contributed by atoms with Crippen molar-refractivity contribution in [3.8, 4) is 0 Å². The molecule has 1 fully saturated rings. The second-order valence-corrected chi connectivity index (χ2v) is 5.02. The Hall–Kier alpha value is -0.160. The van der Waals surface area contributed by atoms with Crippen molar-refractivity contribution in [2.24, 2.45) is 5.41 Å². The summed E-state index contributed by atoms with van der Waals surface area (Å²) in [5, 5.41) is 21.2. The number of rotatable bonds is 1. The molecule has 0 bridgehead atoms. The third kappa shape index (κ3) is 1.46. The van der Waals surface area contributed by atoms with Crippen molar-refractivity contribution in [2.75, 3.05) is 7.11 Å². The van der Waals surface area contributed by atoms with Crippen LogP contribution in [0.4, 0.5) is 0 Å². The lowest BCUT2D eigenvalue weighted by molar-refractivity contribution is -0.329. The molecule has 0 spiro atoms. The molecule has 2 N–H and O–H groups in total. The summed E-state index contributed by atoms with van der Waals surface area (Å²) in [6.07, 6.45) is -0.929. The van der Waals surface area contributed by atoms with Gasteiger partial charge in [0.1, 0.15) is 6.23 Å². The smallest absolute Gasteiger partial charge is 0.133 e. The van der Waals surface area contributed by atoms with Crippen molar-refractivity contribution < 1.29 is 15.1 Å². The van der Waals surface area contributed by atoms with Gasteiger partial charge >= 0.3 is 0 Å². The van der Waals surface area contributed by atoms with Gasteiger partial charge in [0.25, 0.3) is 0 Å². The Balaban J connectivity index is 3.02. The molecule has 0 aromatic carbocycles. The van der Waals surface area contributed by atoms with Crippen LogP contribution in [0.1, 0.15) is 34.1 Å². The third-order valence-electron chi connectivity index (χ3n) is 3.86. The fourth-order valence-electron chi connectivity index (χ4n) is 2.00. The van der Waals surface area contributed by atoms with Crippen LogP contribution in [0, 0.1) is 5.41 Å². The maximum atomic E-state index is 9.91. The second kappa shape index (κ2) is 3.45. The summed E-state index contributed by atoms with van der Waals surface area (Å²) in [5.74, 6) is 0. The van der Waals surface area contributed by atoms with Crippen LogP contribution in [0.3, 0.4) is 0 Å². The fraction of sp³-hybridized carbons (Fsp3) is 1.00. The van der Waals surface area contributed by atoms with E-state index < -0.39 is 17.9 Å². The predicted octanol–water partition coefficient (Wildman–Crippen LogP) is 0.738. The molecular formula is C10H21NO3. The van der Waals surface area contributed by atoms with Gasteiger partial charge in [-0.3, -0.25) is 4.84 Å². The van der Waals surface area contributed by atoms with Crippen LogP contribution in [0.15, 0.2) is 0 Å². The number of aliphatic hydroxyl groups excluding tert-OH is 2. The van der Waals surface area contributed by atoms with Crippen molar-refractivity contribution in [1.82, 2.24) is 5.06 Å². The molecule has 0 aliphatic carbocycles. The molecule has 4 nitrogen and oxygen atoms in total. The van der Waals surface area contributed by atoms with Crippen molar-refractivity contribution in [3.05, 3.63) is 0 Å². The first-order valence-corrected chi connectivity index (χ1v) is 4.94. The lowest BCUT2D eigenvalue weighted by Crippen LogP contribution is -2.66. The van der Waals surface area contributed by atoms with Gasteiger partial charge in [0, 0.05) is 11.8 Å². The molecule has 2 unspecified atom stereocenters. The van der Waals surface area contributed by atoms with E-state index in [9.17, 15) is 10.2 Å². The van der Waals surface area contributed by atoms with E-state index in [1.165, 1.54) is 0 Å². The lowest BCUT2D eigenvalue weighted by atomic mass is 9.66. The monoisotopic (exact) mass is 203 g/mol. The molecule has 2 atom stereocenters. The zero-order valence-corrected chi connectivity index (χ0v) is 9.61. The summed E-state index contributed by atoms with van der Waals surface area (Å²) >= 11 is 0. The van der Waals surface area contributed by atoms with Crippen molar-refractivity contribution in [1.29, 1.82) is 0 Å². The maximum Gasteiger partial charge on any atom is 0.133 e. The first kappa shape index (κ1) is 11.9. The molecule has 4 heteroatoms. The Kier molecular flexibility index (Phi) is 2.94. The quantitative estimate of drug-likeness (QED) is 0.660. The maximum absolute atomic E-state index is 9.91. The van der Waals surface area contributed by atoms with Crippen LogP contribution >= 0.6 is 0 Å². The van der Waals surface area contributed by atoms with Gasteiger partial charge < -0.3 is 10.2 Å².